The number of aromatic nitrogens is 4. The molecule has 0 spiro atoms. The molecule has 166 valence electrons. The lowest BCUT2D eigenvalue weighted by molar-refractivity contribution is -0.149. The van der Waals surface area contributed by atoms with Crippen LogP contribution >= 0.6 is 0 Å². The zero-order valence-corrected chi connectivity index (χ0v) is 18.1. The Morgan fingerprint density at radius 1 is 1.09 bits per heavy atom. The summed E-state index contributed by atoms with van der Waals surface area (Å²) in [5, 5.41) is 8.52. The quantitative estimate of drug-likeness (QED) is 0.549. The van der Waals surface area contributed by atoms with E-state index in [4.69, 9.17) is 9.47 Å². The number of likely N-dealkylation sites (tertiary alicyclic amines) is 1. The number of rotatable bonds is 6. The smallest absolute Gasteiger partial charge is 0.309 e. The fourth-order valence-electron chi connectivity index (χ4n) is 3.86. The minimum Gasteiger partial charge on any atom is -0.494 e. The van der Waals surface area contributed by atoms with Gasteiger partial charge in [0.05, 0.1) is 25.3 Å². The van der Waals surface area contributed by atoms with Gasteiger partial charge in [-0.3, -0.25) is 14.6 Å². The Kier molecular flexibility index (Phi) is 6.44. The van der Waals surface area contributed by atoms with Crippen LogP contribution in [0.15, 0.2) is 48.7 Å². The van der Waals surface area contributed by atoms with Crippen molar-refractivity contribution in [2.45, 2.75) is 19.8 Å². The maximum Gasteiger partial charge on any atom is 0.309 e. The summed E-state index contributed by atoms with van der Waals surface area (Å²) in [5.74, 6) is -0.0210. The molecule has 32 heavy (non-hydrogen) atoms. The summed E-state index contributed by atoms with van der Waals surface area (Å²) < 4.78 is 12.2. The third-order valence-corrected chi connectivity index (χ3v) is 5.50. The first kappa shape index (κ1) is 21.5. The molecule has 0 atom stereocenters. The Balaban J connectivity index is 1.67. The van der Waals surface area contributed by atoms with E-state index in [1.54, 1.807) is 29.8 Å². The van der Waals surface area contributed by atoms with Gasteiger partial charge in [0.15, 0.2) is 5.69 Å². The number of piperidine rings is 1. The molecule has 9 nitrogen and oxygen atoms in total. The largest absolute Gasteiger partial charge is 0.494 e. The van der Waals surface area contributed by atoms with Crippen molar-refractivity contribution in [2.24, 2.45) is 5.92 Å². The Hall–Kier alpha value is -3.75. The zero-order chi connectivity index (χ0) is 22.5. The number of hydrogen-bond donors (Lipinski definition) is 0. The van der Waals surface area contributed by atoms with E-state index in [1.165, 1.54) is 0 Å². The van der Waals surface area contributed by atoms with E-state index < -0.39 is 0 Å². The van der Waals surface area contributed by atoms with E-state index in [9.17, 15) is 9.59 Å². The Morgan fingerprint density at radius 2 is 1.84 bits per heavy atom. The predicted octanol–water partition coefficient (Wildman–Crippen LogP) is 2.75. The summed E-state index contributed by atoms with van der Waals surface area (Å²) in [6, 6.07) is 12.9. The first-order valence-corrected chi connectivity index (χ1v) is 10.6. The highest BCUT2D eigenvalue weighted by Gasteiger charge is 2.32. The second kappa shape index (κ2) is 9.59. The van der Waals surface area contributed by atoms with Gasteiger partial charge in [-0.1, -0.05) is 23.4 Å². The number of hydrogen-bond acceptors (Lipinski definition) is 7. The van der Waals surface area contributed by atoms with E-state index in [0.29, 0.717) is 55.4 Å². The molecule has 1 saturated heterocycles. The number of amides is 1. The topological polar surface area (TPSA) is 99.4 Å². The van der Waals surface area contributed by atoms with Gasteiger partial charge in [0.25, 0.3) is 5.91 Å². The predicted molar refractivity (Wildman–Crippen MR) is 116 cm³/mol. The molecule has 0 aliphatic carbocycles. The van der Waals surface area contributed by atoms with Gasteiger partial charge >= 0.3 is 5.97 Å². The second-order valence-corrected chi connectivity index (χ2v) is 7.40. The van der Waals surface area contributed by atoms with Crippen LogP contribution in [0.3, 0.4) is 0 Å². The van der Waals surface area contributed by atoms with Gasteiger partial charge in [-0.2, -0.15) is 0 Å². The molecule has 1 aliphatic heterocycles. The summed E-state index contributed by atoms with van der Waals surface area (Å²) in [5.41, 5.74) is 1.94. The number of carbonyl (C=O) groups excluding carboxylic acids is 2. The number of methoxy groups -OCH3 is 1. The number of nitrogens with zero attached hydrogens (tertiary/aromatic N) is 5. The van der Waals surface area contributed by atoms with E-state index in [2.05, 4.69) is 15.3 Å². The molecule has 3 aromatic rings. The molecule has 0 N–H and O–H groups in total. The fraction of sp³-hybridized carbons (Fsp3) is 0.348. The minimum atomic E-state index is -0.242. The van der Waals surface area contributed by atoms with E-state index in [-0.39, 0.29) is 23.5 Å². The number of benzene rings is 1. The number of para-hydroxylation sites is 2. The van der Waals surface area contributed by atoms with Crippen molar-refractivity contribution >= 4 is 11.9 Å². The standard InChI is InChI=1S/C23H25N5O4/c1-3-32-23(30)16-11-14-27(15-12-16)22(29)20-21(17-8-6-7-13-24-17)28(26-25-20)18-9-4-5-10-19(18)31-2/h4-10,13,16H,3,11-12,14-15H2,1-2H3. The van der Waals surface area contributed by atoms with Crippen LogP contribution < -0.4 is 4.74 Å². The molecule has 1 aliphatic rings. The average molecular weight is 435 g/mol. The molecule has 1 aromatic carbocycles. The lowest BCUT2D eigenvalue weighted by atomic mass is 9.96. The summed E-state index contributed by atoms with van der Waals surface area (Å²) in [6.45, 7) is 3.05. The minimum absolute atomic E-state index is 0.182. The number of carbonyl (C=O) groups is 2. The Bertz CT molecular complexity index is 1090. The molecule has 4 rings (SSSR count). The van der Waals surface area contributed by atoms with Crippen LogP contribution in [0.2, 0.25) is 0 Å². The van der Waals surface area contributed by atoms with E-state index >= 15 is 0 Å². The maximum absolute atomic E-state index is 13.4. The SMILES string of the molecule is CCOC(=O)C1CCN(C(=O)c2nnn(-c3ccccc3OC)c2-c2ccccn2)CC1. The lowest BCUT2D eigenvalue weighted by Crippen LogP contribution is -2.41. The highest BCUT2D eigenvalue weighted by atomic mass is 16.5. The van der Waals surface area contributed by atoms with Crippen molar-refractivity contribution in [2.75, 3.05) is 26.8 Å². The van der Waals surface area contributed by atoms with Crippen molar-refractivity contribution < 1.29 is 19.1 Å². The van der Waals surface area contributed by atoms with Crippen molar-refractivity contribution in [3.8, 4) is 22.8 Å². The van der Waals surface area contributed by atoms with Gasteiger partial charge in [-0.25, -0.2) is 4.68 Å². The van der Waals surface area contributed by atoms with E-state index in [0.717, 1.165) is 0 Å². The number of ether oxygens (including phenoxy) is 2. The third kappa shape index (κ3) is 4.18. The molecule has 0 unspecified atom stereocenters. The molecule has 1 fully saturated rings. The first-order valence-electron chi connectivity index (χ1n) is 10.6. The normalized spacial score (nSPS) is 14.2. The van der Waals surface area contributed by atoms with Crippen molar-refractivity contribution in [1.29, 1.82) is 0 Å². The molecule has 3 heterocycles. The third-order valence-electron chi connectivity index (χ3n) is 5.50. The molecular formula is C23H25N5O4. The van der Waals surface area contributed by atoms with Gasteiger partial charge in [-0.05, 0) is 44.0 Å². The van der Waals surface area contributed by atoms with Gasteiger partial charge in [0.1, 0.15) is 17.1 Å². The lowest BCUT2D eigenvalue weighted by Gasteiger charge is -2.30. The second-order valence-electron chi connectivity index (χ2n) is 7.40. The van der Waals surface area contributed by atoms with Crippen LogP contribution in [0.4, 0.5) is 0 Å². The van der Waals surface area contributed by atoms with Crippen LogP contribution in [-0.2, 0) is 9.53 Å². The molecule has 2 aromatic heterocycles. The molecule has 9 heteroatoms. The maximum atomic E-state index is 13.4. The van der Waals surface area contributed by atoms with Gasteiger partial charge < -0.3 is 14.4 Å². The van der Waals surface area contributed by atoms with Crippen molar-refractivity contribution in [3.63, 3.8) is 0 Å². The Morgan fingerprint density at radius 3 is 2.53 bits per heavy atom. The number of pyridine rings is 1. The molecular weight excluding hydrogens is 410 g/mol. The summed E-state index contributed by atoms with van der Waals surface area (Å²) in [7, 11) is 1.58. The van der Waals surface area contributed by atoms with Gasteiger partial charge in [-0.15, -0.1) is 5.10 Å². The highest BCUT2D eigenvalue weighted by Crippen LogP contribution is 2.30. The average Bonchev–Trinajstić information content (AvgIpc) is 3.29. The van der Waals surface area contributed by atoms with Gasteiger partial charge in [0.2, 0.25) is 0 Å². The molecule has 0 saturated carbocycles. The molecule has 0 bridgehead atoms. The zero-order valence-electron chi connectivity index (χ0n) is 18.1. The van der Waals surface area contributed by atoms with Gasteiger partial charge in [0, 0.05) is 19.3 Å². The van der Waals surface area contributed by atoms with Crippen LogP contribution in [0, 0.1) is 5.92 Å². The Labute approximate surface area is 186 Å². The fourth-order valence-corrected chi connectivity index (χ4v) is 3.86. The first-order chi connectivity index (χ1) is 15.6. The highest BCUT2D eigenvalue weighted by molar-refractivity contribution is 5.98. The monoisotopic (exact) mass is 435 g/mol. The van der Waals surface area contributed by atoms with Crippen LogP contribution in [0.1, 0.15) is 30.3 Å². The van der Waals surface area contributed by atoms with Crippen LogP contribution in [0.25, 0.3) is 17.1 Å². The van der Waals surface area contributed by atoms with E-state index in [1.807, 2.05) is 42.5 Å². The summed E-state index contributed by atoms with van der Waals surface area (Å²) in [6.07, 6.45) is 2.78. The summed E-state index contributed by atoms with van der Waals surface area (Å²) in [4.78, 5) is 31.6. The van der Waals surface area contributed by atoms with Crippen molar-refractivity contribution in [1.82, 2.24) is 24.9 Å². The van der Waals surface area contributed by atoms with Crippen molar-refractivity contribution in [3.05, 3.63) is 54.4 Å². The molecule has 0 radical (unpaired) electrons. The van der Waals surface area contributed by atoms with Crippen LogP contribution in [0.5, 0.6) is 5.75 Å². The summed E-state index contributed by atoms with van der Waals surface area (Å²) >= 11 is 0. The number of esters is 1. The molecule has 1 amide bonds. The van der Waals surface area contributed by atoms with Crippen LogP contribution in [-0.4, -0.2) is 63.6 Å².